The Balaban J connectivity index is 1.89. The summed E-state index contributed by atoms with van der Waals surface area (Å²) in [6.45, 7) is 1.92. The molecule has 34 heavy (non-hydrogen) atoms. The first-order chi connectivity index (χ1) is 16.4. The number of carbonyl (C=O) groups is 2. The second-order valence-corrected chi connectivity index (χ2v) is 9.42. The molecule has 1 aliphatic carbocycles. The van der Waals surface area contributed by atoms with E-state index < -0.39 is 6.09 Å². The van der Waals surface area contributed by atoms with E-state index in [4.69, 9.17) is 16.3 Å². The Kier molecular flexibility index (Phi) is 13.1. The minimum Gasteiger partial charge on any atom is -0.453 e. The second kappa shape index (κ2) is 15.8. The smallest absolute Gasteiger partial charge is 0.406 e. The van der Waals surface area contributed by atoms with Gasteiger partial charge in [0.15, 0.2) is 0 Å². The largest absolute Gasteiger partial charge is 0.453 e. The average molecular weight is 497 g/mol. The molecule has 3 amide bonds. The third kappa shape index (κ3) is 10.5. The van der Waals surface area contributed by atoms with Gasteiger partial charge in [-0.3, -0.25) is 0 Å². The van der Waals surface area contributed by atoms with Crippen LogP contribution < -0.4 is 16.0 Å². The number of methoxy groups -OCH3 is 1. The highest BCUT2D eigenvalue weighted by molar-refractivity contribution is 6.30. The van der Waals surface area contributed by atoms with Crippen LogP contribution in [0.15, 0.2) is 24.3 Å². The molecule has 8 nitrogen and oxygen atoms in total. The lowest BCUT2D eigenvalue weighted by Gasteiger charge is -2.29. The molecule has 3 N–H and O–H groups in total. The summed E-state index contributed by atoms with van der Waals surface area (Å²) in [6, 6.07) is 7.56. The van der Waals surface area contributed by atoms with E-state index in [2.05, 4.69) is 20.7 Å². The van der Waals surface area contributed by atoms with Gasteiger partial charge >= 0.3 is 12.1 Å². The third-order valence-electron chi connectivity index (χ3n) is 6.29. The van der Waals surface area contributed by atoms with Crippen LogP contribution in [0.4, 0.5) is 9.59 Å². The van der Waals surface area contributed by atoms with Crippen LogP contribution in [0.2, 0.25) is 5.02 Å². The van der Waals surface area contributed by atoms with Gasteiger partial charge in [0.1, 0.15) is 0 Å². The van der Waals surface area contributed by atoms with E-state index in [1.807, 2.05) is 31.3 Å². The number of likely N-dealkylation sites (N-methyl/N-ethyl adjacent to an activating group) is 1. The van der Waals surface area contributed by atoms with E-state index in [0.717, 1.165) is 18.5 Å². The van der Waals surface area contributed by atoms with Crippen molar-refractivity contribution in [2.75, 3.05) is 47.4 Å². The van der Waals surface area contributed by atoms with Crippen LogP contribution in [-0.4, -0.2) is 70.5 Å². The van der Waals surface area contributed by atoms with E-state index in [9.17, 15) is 9.59 Å². The molecule has 1 aromatic rings. The first-order valence-electron chi connectivity index (χ1n) is 12.3. The van der Waals surface area contributed by atoms with Crippen LogP contribution in [0.25, 0.3) is 0 Å². The molecule has 0 heterocycles. The number of halogens is 1. The van der Waals surface area contributed by atoms with Crippen molar-refractivity contribution in [1.29, 1.82) is 0 Å². The quantitative estimate of drug-likeness (QED) is 0.353. The van der Waals surface area contributed by atoms with Gasteiger partial charge in [0.05, 0.1) is 19.8 Å². The number of benzene rings is 1. The van der Waals surface area contributed by atoms with Crippen LogP contribution in [0, 0.1) is 5.92 Å². The number of urea groups is 1. The van der Waals surface area contributed by atoms with Crippen molar-refractivity contribution in [2.24, 2.45) is 5.92 Å². The number of nitrogens with zero attached hydrogens (tertiary/aromatic N) is 1. The lowest BCUT2D eigenvalue weighted by molar-refractivity contribution is 0.0438. The molecule has 1 aliphatic rings. The molecule has 0 aromatic heterocycles. The first-order valence-corrected chi connectivity index (χ1v) is 12.7. The number of amides is 3. The Hall–Kier alpha value is -2.03. The van der Waals surface area contributed by atoms with Gasteiger partial charge in [-0.1, -0.05) is 55.8 Å². The van der Waals surface area contributed by atoms with E-state index in [1.54, 1.807) is 11.9 Å². The summed E-state index contributed by atoms with van der Waals surface area (Å²) >= 11 is 6.18. The minimum absolute atomic E-state index is 0.0757. The van der Waals surface area contributed by atoms with Crippen molar-refractivity contribution in [3.63, 3.8) is 0 Å². The Morgan fingerprint density at radius 3 is 2.68 bits per heavy atom. The first kappa shape index (κ1) is 28.2. The van der Waals surface area contributed by atoms with E-state index >= 15 is 0 Å². The Morgan fingerprint density at radius 1 is 1.24 bits per heavy atom. The van der Waals surface area contributed by atoms with Crippen molar-refractivity contribution in [3.05, 3.63) is 34.9 Å². The highest BCUT2D eigenvalue weighted by Gasteiger charge is 2.22. The topological polar surface area (TPSA) is 91.9 Å². The molecular formula is C25H41ClN4O4. The summed E-state index contributed by atoms with van der Waals surface area (Å²) in [6.07, 6.45) is 7.30. The Morgan fingerprint density at radius 2 is 2.00 bits per heavy atom. The fourth-order valence-electron chi connectivity index (χ4n) is 4.44. The lowest BCUT2D eigenvalue weighted by Crippen LogP contribution is -2.48. The molecule has 1 saturated carbocycles. The summed E-state index contributed by atoms with van der Waals surface area (Å²) in [5.41, 5.74) is 0.935. The number of hydrogen-bond donors (Lipinski definition) is 3. The van der Waals surface area contributed by atoms with Crippen LogP contribution in [0.3, 0.4) is 0 Å². The minimum atomic E-state index is -0.497. The average Bonchev–Trinajstić information content (AvgIpc) is 2.83. The molecule has 0 spiro atoms. The standard InChI is InChI=1S/C25H41ClN4O4/c1-27-18-22(16-19-8-5-4-6-9-19)29-24(31)30(2)14-12-23(20-10-7-11-21(26)17-20)34-15-13-28-25(32)33-3/h7,10-11,17,19,22-23,27H,4-6,8-9,12-16,18H2,1-3H3,(H,28,32)(H,29,31)/t22-,23+/m0/s1. The van der Waals surface area contributed by atoms with Gasteiger partial charge in [-0.05, 0) is 43.5 Å². The van der Waals surface area contributed by atoms with Crippen LogP contribution >= 0.6 is 11.6 Å². The fourth-order valence-corrected chi connectivity index (χ4v) is 4.64. The molecule has 9 heteroatoms. The van der Waals surface area contributed by atoms with Crippen LogP contribution in [0.1, 0.15) is 56.6 Å². The number of hydrogen-bond acceptors (Lipinski definition) is 5. The van der Waals surface area contributed by atoms with Gasteiger partial charge in [-0.2, -0.15) is 0 Å². The van der Waals surface area contributed by atoms with Gasteiger partial charge in [0.2, 0.25) is 0 Å². The fraction of sp³-hybridized carbons (Fsp3) is 0.680. The van der Waals surface area contributed by atoms with Crippen molar-refractivity contribution in [2.45, 2.75) is 57.1 Å². The third-order valence-corrected chi connectivity index (χ3v) is 6.53. The summed E-state index contributed by atoms with van der Waals surface area (Å²) in [5, 5.41) is 9.66. The Labute approximate surface area is 209 Å². The molecule has 192 valence electrons. The SMILES string of the molecule is CNC[C@H](CC1CCCCC1)NC(=O)N(C)CC[C@@H](OCCNC(=O)OC)c1cccc(Cl)c1. The van der Waals surface area contributed by atoms with Gasteiger partial charge in [-0.15, -0.1) is 0 Å². The van der Waals surface area contributed by atoms with Crippen molar-refractivity contribution < 1.29 is 19.1 Å². The van der Waals surface area contributed by atoms with E-state index in [1.165, 1.54) is 39.2 Å². The van der Waals surface area contributed by atoms with E-state index in [-0.39, 0.29) is 18.2 Å². The maximum absolute atomic E-state index is 12.9. The van der Waals surface area contributed by atoms with Crippen molar-refractivity contribution >= 4 is 23.7 Å². The lowest BCUT2D eigenvalue weighted by atomic mass is 9.85. The molecule has 0 saturated heterocycles. The van der Waals surface area contributed by atoms with Gasteiger partial charge < -0.3 is 30.3 Å². The van der Waals surface area contributed by atoms with Crippen molar-refractivity contribution in [1.82, 2.24) is 20.9 Å². The molecule has 1 fully saturated rings. The molecule has 2 atom stereocenters. The summed E-state index contributed by atoms with van der Waals surface area (Å²) in [7, 11) is 5.05. The number of carbonyl (C=O) groups excluding carboxylic acids is 2. The molecule has 0 bridgehead atoms. The Bertz CT molecular complexity index is 745. The molecule has 2 rings (SSSR count). The van der Waals surface area contributed by atoms with Gasteiger partial charge in [-0.25, -0.2) is 9.59 Å². The number of nitrogens with one attached hydrogen (secondary N) is 3. The summed E-state index contributed by atoms with van der Waals surface area (Å²) in [4.78, 5) is 25.9. The molecule has 0 aliphatic heterocycles. The monoisotopic (exact) mass is 496 g/mol. The van der Waals surface area contributed by atoms with Crippen molar-refractivity contribution in [3.8, 4) is 0 Å². The van der Waals surface area contributed by atoms with Gasteiger partial charge in [0, 0.05) is 37.7 Å². The molecule has 0 radical (unpaired) electrons. The van der Waals surface area contributed by atoms with Crippen LogP contribution in [0.5, 0.6) is 0 Å². The number of alkyl carbamates (subject to hydrolysis) is 1. The molecular weight excluding hydrogens is 456 g/mol. The zero-order chi connectivity index (χ0) is 24.8. The molecule has 1 aromatic carbocycles. The predicted octanol–water partition coefficient (Wildman–Crippen LogP) is 4.34. The van der Waals surface area contributed by atoms with Crippen LogP contribution in [-0.2, 0) is 9.47 Å². The highest BCUT2D eigenvalue weighted by atomic mass is 35.5. The zero-order valence-corrected chi connectivity index (χ0v) is 21.5. The second-order valence-electron chi connectivity index (χ2n) is 8.99. The molecule has 0 unspecified atom stereocenters. The normalized spacial score (nSPS) is 15.9. The number of rotatable bonds is 13. The van der Waals surface area contributed by atoms with Gasteiger partial charge in [0.25, 0.3) is 0 Å². The maximum atomic E-state index is 12.9. The highest BCUT2D eigenvalue weighted by Crippen LogP contribution is 2.27. The van der Waals surface area contributed by atoms with E-state index in [0.29, 0.717) is 37.1 Å². The maximum Gasteiger partial charge on any atom is 0.406 e. The summed E-state index contributed by atoms with van der Waals surface area (Å²) in [5.74, 6) is 0.692. The number of ether oxygens (including phenoxy) is 2. The summed E-state index contributed by atoms with van der Waals surface area (Å²) < 4.78 is 10.6. The zero-order valence-electron chi connectivity index (χ0n) is 20.8. The predicted molar refractivity (Wildman–Crippen MR) is 135 cm³/mol.